The van der Waals surface area contributed by atoms with Gasteiger partial charge in [0.15, 0.2) is 0 Å². The second-order valence-electron chi connectivity index (χ2n) is 7.78. The molecule has 1 aliphatic carbocycles. The van der Waals surface area contributed by atoms with Crippen molar-refractivity contribution in [3.8, 4) is 0 Å². The maximum absolute atomic E-state index is 6.70. The average Bonchev–Trinajstić information content (AvgIpc) is 2.24. The molecule has 2 rings (SSSR count). The zero-order chi connectivity index (χ0) is 13.8. The first kappa shape index (κ1) is 15.4. The van der Waals surface area contributed by atoms with Gasteiger partial charge in [-0.15, -0.1) is 0 Å². The molecule has 1 saturated carbocycles. The van der Waals surface area contributed by atoms with Crippen LogP contribution in [0.25, 0.3) is 0 Å². The summed E-state index contributed by atoms with van der Waals surface area (Å²) in [5.41, 5.74) is 0.221. The Labute approximate surface area is 120 Å². The molecule has 2 aliphatic rings. The summed E-state index contributed by atoms with van der Waals surface area (Å²) >= 11 is 0. The number of hydrogen-bond acceptors (Lipinski definition) is 1. The number of rotatable bonds is 1. The smallest absolute Gasteiger partial charge is 0.0689 e. The van der Waals surface area contributed by atoms with Crippen molar-refractivity contribution in [2.24, 2.45) is 5.92 Å². The fourth-order valence-corrected chi connectivity index (χ4v) is 4.29. The second-order valence-corrected chi connectivity index (χ2v) is 7.78. The van der Waals surface area contributed by atoms with Gasteiger partial charge in [-0.25, -0.2) is 0 Å². The molecule has 1 heteroatoms. The summed E-state index contributed by atoms with van der Waals surface area (Å²) < 4.78 is 6.70. The topological polar surface area (TPSA) is 9.23 Å². The zero-order valence-electron chi connectivity index (χ0n) is 13.5. The number of ether oxygens (including phenoxy) is 1. The molecule has 19 heavy (non-hydrogen) atoms. The molecule has 0 N–H and O–H groups in total. The van der Waals surface area contributed by atoms with E-state index in [0.29, 0.717) is 0 Å². The van der Waals surface area contributed by atoms with Crippen molar-refractivity contribution in [2.75, 3.05) is 0 Å². The Kier molecular flexibility index (Phi) is 5.34. The lowest BCUT2D eigenvalue weighted by Crippen LogP contribution is -2.46. The summed E-state index contributed by atoms with van der Waals surface area (Å²) in [6, 6.07) is 0. The van der Waals surface area contributed by atoms with E-state index in [9.17, 15) is 0 Å². The van der Waals surface area contributed by atoms with Crippen LogP contribution in [0.15, 0.2) is 0 Å². The van der Waals surface area contributed by atoms with Crippen LogP contribution in [-0.4, -0.2) is 11.2 Å². The van der Waals surface area contributed by atoms with Crippen LogP contribution >= 0.6 is 0 Å². The van der Waals surface area contributed by atoms with Crippen LogP contribution in [0.2, 0.25) is 0 Å². The van der Waals surface area contributed by atoms with Gasteiger partial charge in [0.25, 0.3) is 0 Å². The number of hydrogen-bond donors (Lipinski definition) is 0. The Morgan fingerprint density at radius 3 is 1.89 bits per heavy atom. The second kappa shape index (κ2) is 6.61. The van der Waals surface area contributed by atoms with Crippen LogP contribution in [0.5, 0.6) is 0 Å². The quantitative estimate of drug-likeness (QED) is 0.577. The Morgan fingerprint density at radius 1 is 0.684 bits per heavy atom. The van der Waals surface area contributed by atoms with Gasteiger partial charge in [0.05, 0.1) is 11.2 Å². The van der Waals surface area contributed by atoms with Crippen molar-refractivity contribution in [1.29, 1.82) is 0 Å². The van der Waals surface area contributed by atoms with E-state index in [2.05, 4.69) is 20.8 Å². The average molecular weight is 266 g/mol. The Bertz CT molecular complexity index is 263. The Balaban J connectivity index is 2.06. The fraction of sp³-hybridized carbons (Fsp3) is 1.00. The molecule has 1 nitrogen and oxygen atoms in total. The highest BCUT2D eigenvalue weighted by molar-refractivity contribution is 4.89. The monoisotopic (exact) mass is 266 g/mol. The molecule has 0 bridgehead atoms. The van der Waals surface area contributed by atoms with Crippen LogP contribution in [0.1, 0.15) is 97.8 Å². The predicted molar refractivity (Wildman–Crippen MR) is 82.5 cm³/mol. The third-order valence-electron chi connectivity index (χ3n) is 5.43. The van der Waals surface area contributed by atoms with Crippen molar-refractivity contribution in [3.63, 3.8) is 0 Å². The molecular weight excluding hydrogens is 232 g/mol. The summed E-state index contributed by atoms with van der Waals surface area (Å²) in [6.45, 7) is 7.03. The van der Waals surface area contributed by atoms with Gasteiger partial charge in [0.1, 0.15) is 0 Å². The van der Waals surface area contributed by atoms with Crippen LogP contribution < -0.4 is 0 Å². The fourth-order valence-electron chi connectivity index (χ4n) is 4.29. The molecule has 0 aromatic heterocycles. The first-order chi connectivity index (χ1) is 9.02. The molecule has 1 unspecified atom stereocenters. The molecule has 112 valence electrons. The van der Waals surface area contributed by atoms with Crippen molar-refractivity contribution >= 4 is 0 Å². The molecule has 0 radical (unpaired) electrons. The van der Waals surface area contributed by atoms with E-state index in [1.807, 2.05) is 0 Å². The summed E-state index contributed by atoms with van der Waals surface area (Å²) in [7, 11) is 0. The van der Waals surface area contributed by atoms with Gasteiger partial charge in [-0.2, -0.15) is 0 Å². The molecule has 0 aromatic rings. The molecule has 0 aromatic carbocycles. The molecule has 0 amide bonds. The summed E-state index contributed by atoms with van der Waals surface area (Å²) in [6.07, 6.45) is 16.6. The highest BCUT2D eigenvalue weighted by Crippen LogP contribution is 2.41. The zero-order valence-corrected chi connectivity index (χ0v) is 13.5. The van der Waals surface area contributed by atoms with Gasteiger partial charge >= 0.3 is 0 Å². The summed E-state index contributed by atoms with van der Waals surface area (Å²) in [5.74, 6) is 0.796. The first-order valence-corrected chi connectivity index (χ1v) is 8.72. The van der Waals surface area contributed by atoms with E-state index >= 15 is 0 Å². The Morgan fingerprint density at radius 2 is 1.21 bits per heavy atom. The van der Waals surface area contributed by atoms with Crippen LogP contribution in [0, 0.1) is 5.92 Å². The van der Waals surface area contributed by atoms with Crippen molar-refractivity contribution in [2.45, 2.75) is 109 Å². The van der Waals surface area contributed by atoms with E-state index in [0.717, 1.165) is 5.92 Å². The third-order valence-corrected chi connectivity index (χ3v) is 5.43. The first-order valence-electron chi connectivity index (χ1n) is 8.72. The largest absolute Gasteiger partial charge is 0.369 e. The Hall–Kier alpha value is -0.0400. The minimum atomic E-state index is 0.0809. The molecule has 0 spiro atoms. The molecule has 1 saturated heterocycles. The molecular formula is C18H34O. The highest BCUT2D eigenvalue weighted by atomic mass is 16.5. The van der Waals surface area contributed by atoms with Gasteiger partial charge < -0.3 is 4.74 Å². The van der Waals surface area contributed by atoms with E-state index in [1.165, 1.54) is 77.0 Å². The van der Waals surface area contributed by atoms with Crippen molar-refractivity contribution < 1.29 is 4.74 Å². The maximum Gasteiger partial charge on any atom is 0.0689 e. The minimum Gasteiger partial charge on any atom is -0.369 e. The lowest BCUT2D eigenvalue weighted by atomic mass is 9.75. The van der Waals surface area contributed by atoms with E-state index < -0.39 is 0 Å². The molecule has 2 fully saturated rings. The van der Waals surface area contributed by atoms with Crippen LogP contribution in [0.4, 0.5) is 0 Å². The van der Waals surface area contributed by atoms with E-state index in [-0.39, 0.29) is 11.2 Å². The van der Waals surface area contributed by atoms with Gasteiger partial charge in [-0.3, -0.25) is 0 Å². The minimum absolute atomic E-state index is 0.0809. The van der Waals surface area contributed by atoms with E-state index in [4.69, 9.17) is 4.74 Å². The van der Waals surface area contributed by atoms with Crippen LogP contribution in [0.3, 0.4) is 0 Å². The molecule has 1 atom stereocenters. The van der Waals surface area contributed by atoms with Gasteiger partial charge in [-0.1, -0.05) is 51.4 Å². The van der Waals surface area contributed by atoms with Gasteiger partial charge in [0.2, 0.25) is 0 Å². The highest BCUT2D eigenvalue weighted by Gasteiger charge is 2.39. The standard InChI is InChI=1S/C18H34O/c1-17(2)14-10-7-11-15-18(3,19-17)16-12-8-5-4-6-9-13-16/h16H,4-15H2,1-3H3. The summed E-state index contributed by atoms with van der Waals surface area (Å²) in [4.78, 5) is 0. The third kappa shape index (κ3) is 4.48. The van der Waals surface area contributed by atoms with E-state index in [1.54, 1.807) is 0 Å². The summed E-state index contributed by atoms with van der Waals surface area (Å²) in [5, 5.41) is 0. The molecule has 1 aliphatic heterocycles. The van der Waals surface area contributed by atoms with Crippen LogP contribution in [-0.2, 0) is 4.74 Å². The van der Waals surface area contributed by atoms with Gasteiger partial charge in [0, 0.05) is 0 Å². The predicted octanol–water partition coefficient (Wildman–Crippen LogP) is 5.86. The normalized spacial score (nSPS) is 34.9. The molecule has 1 heterocycles. The SMILES string of the molecule is CC1(C)CCCCCC(C)(C2CCCCCCC2)O1. The van der Waals surface area contributed by atoms with Crippen molar-refractivity contribution in [3.05, 3.63) is 0 Å². The maximum atomic E-state index is 6.70. The lowest BCUT2D eigenvalue weighted by molar-refractivity contribution is -0.175. The lowest BCUT2D eigenvalue weighted by Gasteiger charge is -2.46. The van der Waals surface area contributed by atoms with Gasteiger partial charge in [-0.05, 0) is 52.4 Å². The van der Waals surface area contributed by atoms with Crippen molar-refractivity contribution in [1.82, 2.24) is 0 Å².